The molecule has 0 saturated carbocycles. The number of carbonyl (C=O) groups is 8. The van der Waals surface area contributed by atoms with E-state index >= 15 is 0 Å². The van der Waals surface area contributed by atoms with Crippen LogP contribution < -0.4 is 16.4 Å². The lowest BCUT2D eigenvalue weighted by Gasteiger charge is -2.31. The topological polar surface area (TPSA) is 319 Å². The molecular weight excluding hydrogens is 945 g/mol. The second-order valence-electron chi connectivity index (χ2n) is 15.1. The Morgan fingerprint density at radius 1 is 0.671 bits per heavy atom. The average molecular weight is 1030 g/mol. The number of esters is 3. The maximum absolute atomic E-state index is 11.7. The second kappa shape index (κ2) is 44.2. The molecule has 1 fully saturated rings. The molecular formula is C51H86N10O12. The Morgan fingerprint density at radius 2 is 1.14 bits per heavy atom. The number of ether oxygens (including phenoxy) is 3. The van der Waals surface area contributed by atoms with Crippen LogP contribution >= 0.6 is 0 Å². The lowest BCUT2D eigenvalue weighted by Crippen LogP contribution is -2.47. The van der Waals surface area contributed by atoms with Crippen LogP contribution in [-0.2, 0) is 52.6 Å². The minimum Gasteiger partial charge on any atom is -0.480 e. The lowest BCUT2D eigenvalue weighted by molar-refractivity contribution is -0.153. The molecule has 0 aliphatic carbocycles. The number of carboxylic acids is 1. The maximum atomic E-state index is 11.7. The van der Waals surface area contributed by atoms with E-state index in [1.807, 2.05) is 98.3 Å². The van der Waals surface area contributed by atoms with Crippen molar-refractivity contribution in [3.05, 3.63) is 33.8 Å². The quantitative estimate of drug-likeness (QED) is 0.145. The Labute approximate surface area is 434 Å². The molecule has 0 spiro atoms. The van der Waals surface area contributed by atoms with Gasteiger partial charge in [-0.1, -0.05) is 55.4 Å². The third kappa shape index (κ3) is 29.6. The van der Waals surface area contributed by atoms with Crippen molar-refractivity contribution < 1.29 is 57.7 Å². The number of carboxylic acid groups (broad SMARTS) is 1. The highest BCUT2D eigenvalue weighted by molar-refractivity contribution is 6.15. The Morgan fingerprint density at radius 3 is 1.59 bits per heavy atom. The van der Waals surface area contributed by atoms with Crippen molar-refractivity contribution >= 4 is 47.3 Å². The first-order valence-electron chi connectivity index (χ1n) is 25.0. The maximum Gasteiger partial charge on any atom is 0.335 e. The number of rotatable bonds is 9. The van der Waals surface area contributed by atoms with Crippen LogP contribution in [0.15, 0.2) is 33.8 Å². The number of nitrogens with two attached hydrogens (primary N) is 1. The van der Waals surface area contributed by atoms with Gasteiger partial charge in [0, 0.05) is 61.9 Å². The molecule has 1 saturated heterocycles. The average Bonchev–Trinajstić information content (AvgIpc) is 3.35. The molecule has 22 nitrogen and oxygen atoms in total. The zero-order chi connectivity index (χ0) is 57.2. The van der Waals surface area contributed by atoms with Gasteiger partial charge in [-0.25, -0.2) is 9.59 Å². The summed E-state index contributed by atoms with van der Waals surface area (Å²) in [6, 6.07) is 4.98. The highest BCUT2D eigenvalue weighted by Gasteiger charge is 2.37. The summed E-state index contributed by atoms with van der Waals surface area (Å²) in [5.74, 6) is -4.97. The number of likely N-dealkylation sites (tertiary alicyclic amines) is 1. The Hall–Kier alpha value is -6.51. The number of Topliss-reactive ketones (excluding diaryl/α,β-unsaturated/α-hetero) is 2. The van der Waals surface area contributed by atoms with Crippen molar-refractivity contribution in [3.8, 4) is 18.2 Å². The molecule has 0 bridgehead atoms. The van der Waals surface area contributed by atoms with Crippen LogP contribution in [0, 0.1) is 45.8 Å². The van der Waals surface area contributed by atoms with Crippen molar-refractivity contribution in [2.45, 2.75) is 115 Å². The number of aliphatic carboxylic acids is 1. The number of hydrogen-bond donors (Lipinski definition) is 4. The fraction of sp³-hybridized carbons (Fsp3) is 0.667. The molecule has 2 atom stereocenters. The summed E-state index contributed by atoms with van der Waals surface area (Å²) < 4.78 is 14.7. The number of carbonyl (C=O) groups excluding carboxylic acids is 7. The molecule has 22 heteroatoms. The predicted molar refractivity (Wildman–Crippen MR) is 276 cm³/mol. The van der Waals surface area contributed by atoms with E-state index in [-0.39, 0.29) is 29.9 Å². The summed E-state index contributed by atoms with van der Waals surface area (Å²) in [5, 5.41) is 37.7. The number of likely N-dealkylation sites (N-methyl/N-ethyl adjacent to an activating group) is 4. The van der Waals surface area contributed by atoms with Gasteiger partial charge >= 0.3 is 23.9 Å². The Kier molecular flexibility index (Phi) is 44.2. The Balaban J connectivity index is -0.000000403. The minimum absolute atomic E-state index is 0.0211. The number of nitrogens with zero attached hydrogens (tertiary/aromatic N) is 7. The summed E-state index contributed by atoms with van der Waals surface area (Å²) in [6.07, 6.45) is 1.82. The van der Waals surface area contributed by atoms with Gasteiger partial charge in [0.25, 0.3) is 0 Å². The van der Waals surface area contributed by atoms with E-state index in [1.165, 1.54) is 6.07 Å². The van der Waals surface area contributed by atoms with E-state index in [0.717, 1.165) is 26.2 Å². The largest absolute Gasteiger partial charge is 0.480 e. The second-order valence-corrected chi connectivity index (χ2v) is 15.1. The van der Waals surface area contributed by atoms with Gasteiger partial charge in [0.2, 0.25) is 11.8 Å². The summed E-state index contributed by atoms with van der Waals surface area (Å²) in [4.78, 5) is 97.6. The summed E-state index contributed by atoms with van der Waals surface area (Å²) in [5.41, 5.74) is 9.38. The highest BCUT2D eigenvalue weighted by atomic mass is 16.5. The number of nitriles is 3. The first-order valence-corrected chi connectivity index (χ1v) is 25.0. The molecule has 0 aromatic heterocycles. The highest BCUT2D eigenvalue weighted by Crippen LogP contribution is 2.24. The van der Waals surface area contributed by atoms with Crippen LogP contribution in [0.4, 0.5) is 0 Å². The molecule has 2 amide bonds. The standard InChI is InChI=1S/C12H17N3O3.C10H11N3O2.C9H16N2O2.C9H15NO3.C3H3NO2.4C2H6/c1-3-18-12(17)9-5-7-15(2)8-10(9)14-11(16)4-6-13;1-13-3-2-6-8(5-13)12-10(15)7(4-11)9(6)14;1-3-13-9(12)7-4-5-11(2)6-8(7)10;1-3-13-9(12)7-4-5-10(2)6-8(7)11;4-2-1-3(5)6;4*1-2/h3-5,7-8H2,1-2H3,(H,14,16);7H,2-3,5H2,1H3,(H,12,15);3-6,10H2,1-2H3;7H,3-6H2,1-2H3;1H2,(H,5,6);4*1-2H3. The molecule has 412 valence electrons. The predicted octanol–water partition coefficient (Wildman–Crippen LogP) is 3.84. The third-order valence-electron chi connectivity index (χ3n) is 9.86. The van der Waals surface area contributed by atoms with Gasteiger partial charge in [0.1, 0.15) is 18.8 Å². The first kappa shape index (κ1) is 73.0. The van der Waals surface area contributed by atoms with Crippen molar-refractivity contribution in [1.82, 2.24) is 30.2 Å². The Bertz CT molecular complexity index is 1970. The summed E-state index contributed by atoms with van der Waals surface area (Å²) in [6.45, 7) is 27.6. The van der Waals surface area contributed by atoms with Crippen LogP contribution in [0.25, 0.3) is 0 Å². The first-order chi connectivity index (χ1) is 34.8. The van der Waals surface area contributed by atoms with Gasteiger partial charge in [0.05, 0.1) is 55.7 Å². The molecule has 5 heterocycles. The molecule has 5 rings (SSSR count). The van der Waals surface area contributed by atoms with Gasteiger partial charge in [0.15, 0.2) is 17.5 Å². The van der Waals surface area contributed by atoms with Gasteiger partial charge < -0.3 is 50.4 Å². The van der Waals surface area contributed by atoms with Crippen molar-refractivity contribution in [3.63, 3.8) is 0 Å². The summed E-state index contributed by atoms with van der Waals surface area (Å²) in [7, 11) is 7.68. The van der Waals surface area contributed by atoms with E-state index in [2.05, 4.69) is 15.5 Å². The summed E-state index contributed by atoms with van der Waals surface area (Å²) >= 11 is 0. The fourth-order valence-electron chi connectivity index (χ4n) is 6.56. The lowest BCUT2D eigenvalue weighted by atomic mass is 9.89. The smallest absolute Gasteiger partial charge is 0.335 e. The van der Waals surface area contributed by atoms with Crippen molar-refractivity contribution in [2.75, 3.05) is 100 Å². The van der Waals surface area contributed by atoms with Crippen LogP contribution in [0.2, 0.25) is 0 Å². The molecule has 73 heavy (non-hydrogen) atoms. The molecule has 0 aromatic rings. The molecule has 0 aromatic carbocycles. The number of nitrogens with one attached hydrogen (secondary N) is 2. The zero-order valence-corrected chi connectivity index (χ0v) is 46.3. The zero-order valence-electron chi connectivity index (χ0n) is 46.3. The minimum atomic E-state index is -1.15. The number of ketones is 2. The molecule has 5 aliphatic rings. The third-order valence-corrected chi connectivity index (χ3v) is 9.86. The van der Waals surface area contributed by atoms with Crippen LogP contribution in [0.5, 0.6) is 0 Å². The SMILES string of the molecule is CC.CC.CC.CC.CCOC(=O)C1=C(N)CN(C)CC1.CCOC(=O)C1=C(NC(=O)CC#N)CN(C)CC1.CCOC(=O)C1CCN(C)CC1=O.CN1CCC2=C(C1)NC(=O)C(C#N)C2=O.N#CCC(=O)O. The number of hydrogen-bond acceptors (Lipinski definition) is 19. The molecule has 5 N–H and O–H groups in total. The fourth-order valence-corrected chi connectivity index (χ4v) is 6.56. The number of amides is 2. The molecule has 5 aliphatic heterocycles. The van der Waals surface area contributed by atoms with Crippen molar-refractivity contribution in [1.29, 1.82) is 15.8 Å². The molecule has 0 radical (unpaired) electrons. The van der Waals surface area contributed by atoms with Crippen molar-refractivity contribution in [2.24, 2.45) is 17.6 Å². The van der Waals surface area contributed by atoms with Gasteiger partial charge in [-0.2, -0.15) is 15.8 Å². The van der Waals surface area contributed by atoms with E-state index in [9.17, 15) is 38.4 Å². The van der Waals surface area contributed by atoms with E-state index in [0.29, 0.717) is 105 Å². The van der Waals surface area contributed by atoms with Gasteiger partial charge in [-0.15, -0.1) is 0 Å². The molecule has 2 unspecified atom stereocenters. The van der Waals surface area contributed by atoms with Crippen LogP contribution in [-0.4, -0.2) is 172 Å². The van der Waals surface area contributed by atoms with Crippen LogP contribution in [0.3, 0.4) is 0 Å². The monoisotopic (exact) mass is 1030 g/mol. The van der Waals surface area contributed by atoms with Gasteiger partial charge in [-0.05, 0) is 81.2 Å². The van der Waals surface area contributed by atoms with E-state index < -0.39 is 42.0 Å². The normalized spacial score (nSPS) is 18.1. The number of piperidine rings is 1. The van der Waals surface area contributed by atoms with E-state index in [1.54, 1.807) is 32.9 Å². The van der Waals surface area contributed by atoms with E-state index in [4.69, 9.17) is 40.8 Å². The van der Waals surface area contributed by atoms with Crippen LogP contribution in [0.1, 0.15) is 115 Å². The van der Waals surface area contributed by atoms with Gasteiger partial charge in [-0.3, -0.25) is 33.7 Å².